The van der Waals surface area contributed by atoms with E-state index >= 15 is 0 Å². The van der Waals surface area contributed by atoms with Crippen LogP contribution in [0.3, 0.4) is 0 Å². The fourth-order valence-electron chi connectivity index (χ4n) is 2.72. The van der Waals surface area contributed by atoms with Gasteiger partial charge in [-0.2, -0.15) is 0 Å². The van der Waals surface area contributed by atoms with E-state index in [2.05, 4.69) is 34.5 Å². The Bertz CT molecular complexity index is 1080. The summed E-state index contributed by atoms with van der Waals surface area (Å²) in [4.78, 5) is 0. The second-order valence-electron chi connectivity index (χ2n) is 5.88. The molecule has 4 rings (SSSR count). The number of aromatic nitrogens is 2. The van der Waals surface area contributed by atoms with Crippen molar-refractivity contribution in [2.45, 2.75) is 6.92 Å². The average Bonchev–Trinajstić information content (AvgIpc) is 3.12. The van der Waals surface area contributed by atoms with E-state index in [1.807, 2.05) is 55.5 Å². The maximum Gasteiger partial charge on any atom is 0.259 e. The van der Waals surface area contributed by atoms with Crippen LogP contribution in [-0.4, -0.2) is 10.2 Å². The molecule has 1 aromatic heterocycles. The first kappa shape index (κ1) is 15.6. The largest absolute Gasteiger partial charge is 0.415 e. The number of benzene rings is 3. The van der Waals surface area contributed by atoms with Crippen molar-refractivity contribution in [3.8, 4) is 11.5 Å². The molecule has 0 atom stereocenters. The first-order chi connectivity index (χ1) is 12.2. The first-order valence-electron chi connectivity index (χ1n) is 7.96. The Morgan fingerprint density at radius 3 is 2.60 bits per heavy atom. The monoisotopic (exact) mass is 346 g/mol. The SMILES string of the molecule is Cc1cccc(-c2nnc(/C(Cl)=C/c3ccc4ccccc4c3)o2)c1. The molecule has 25 heavy (non-hydrogen) atoms. The van der Waals surface area contributed by atoms with Crippen LogP contribution >= 0.6 is 11.6 Å². The predicted octanol–water partition coefficient (Wildman–Crippen LogP) is 5.94. The Kier molecular flexibility index (Phi) is 4.08. The van der Waals surface area contributed by atoms with Gasteiger partial charge in [0.1, 0.15) is 5.03 Å². The van der Waals surface area contributed by atoms with E-state index in [9.17, 15) is 0 Å². The molecule has 0 saturated carbocycles. The smallest absolute Gasteiger partial charge is 0.259 e. The third-order valence-corrected chi connectivity index (χ3v) is 4.23. The lowest BCUT2D eigenvalue weighted by atomic mass is 10.1. The molecule has 0 fully saturated rings. The van der Waals surface area contributed by atoms with Crippen LogP contribution in [0.1, 0.15) is 17.0 Å². The molecule has 0 aliphatic rings. The van der Waals surface area contributed by atoms with Crippen molar-refractivity contribution in [1.29, 1.82) is 0 Å². The minimum atomic E-state index is 0.311. The Labute approximate surface area is 150 Å². The van der Waals surface area contributed by atoms with Crippen LogP contribution in [-0.2, 0) is 0 Å². The van der Waals surface area contributed by atoms with Gasteiger partial charge in [0, 0.05) is 5.56 Å². The molecule has 0 aliphatic heterocycles. The molecule has 0 spiro atoms. The Morgan fingerprint density at radius 1 is 0.920 bits per heavy atom. The van der Waals surface area contributed by atoms with Gasteiger partial charge < -0.3 is 4.42 Å². The zero-order valence-corrected chi connectivity index (χ0v) is 14.4. The van der Waals surface area contributed by atoms with Crippen LogP contribution in [0.4, 0.5) is 0 Å². The van der Waals surface area contributed by atoms with Crippen LogP contribution < -0.4 is 0 Å². The highest BCUT2D eigenvalue weighted by Crippen LogP contribution is 2.26. The minimum Gasteiger partial charge on any atom is -0.415 e. The molecule has 0 saturated heterocycles. The third kappa shape index (κ3) is 3.32. The highest BCUT2D eigenvalue weighted by molar-refractivity contribution is 6.50. The van der Waals surface area contributed by atoms with Gasteiger partial charge in [0.2, 0.25) is 5.89 Å². The van der Waals surface area contributed by atoms with Crippen molar-refractivity contribution < 1.29 is 4.42 Å². The molecule has 0 unspecified atom stereocenters. The molecule has 0 aliphatic carbocycles. The normalized spacial score (nSPS) is 11.8. The van der Waals surface area contributed by atoms with Crippen molar-refractivity contribution in [2.75, 3.05) is 0 Å². The molecule has 0 amide bonds. The molecule has 4 heteroatoms. The fraction of sp³-hybridized carbons (Fsp3) is 0.0476. The summed E-state index contributed by atoms with van der Waals surface area (Å²) in [5, 5.41) is 10.9. The van der Waals surface area contributed by atoms with Crippen LogP contribution in [0.2, 0.25) is 0 Å². The van der Waals surface area contributed by atoms with E-state index in [0.717, 1.165) is 22.1 Å². The number of aryl methyl sites for hydroxylation is 1. The van der Waals surface area contributed by atoms with Gasteiger partial charge in [0.05, 0.1) is 0 Å². The number of hydrogen-bond donors (Lipinski definition) is 0. The highest BCUT2D eigenvalue weighted by atomic mass is 35.5. The summed E-state index contributed by atoms with van der Waals surface area (Å²) in [5.74, 6) is 0.773. The molecular weight excluding hydrogens is 332 g/mol. The quantitative estimate of drug-likeness (QED) is 0.461. The van der Waals surface area contributed by atoms with Gasteiger partial charge in [0.15, 0.2) is 0 Å². The molecule has 122 valence electrons. The molecule has 0 bridgehead atoms. The van der Waals surface area contributed by atoms with E-state index in [-0.39, 0.29) is 0 Å². The van der Waals surface area contributed by atoms with Gasteiger partial charge in [-0.05, 0) is 47.5 Å². The van der Waals surface area contributed by atoms with Crippen molar-refractivity contribution >= 4 is 33.5 Å². The lowest BCUT2D eigenvalue weighted by Crippen LogP contribution is -1.79. The average molecular weight is 347 g/mol. The zero-order chi connectivity index (χ0) is 17.2. The van der Waals surface area contributed by atoms with Gasteiger partial charge in [-0.25, -0.2) is 0 Å². The summed E-state index contributed by atoms with van der Waals surface area (Å²) < 4.78 is 5.72. The van der Waals surface area contributed by atoms with Crippen molar-refractivity contribution in [2.24, 2.45) is 0 Å². The number of rotatable bonds is 3. The summed E-state index contributed by atoms with van der Waals surface area (Å²) >= 11 is 6.39. The van der Waals surface area contributed by atoms with Gasteiger partial charge in [-0.3, -0.25) is 0 Å². The molecule has 3 aromatic carbocycles. The summed E-state index contributed by atoms with van der Waals surface area (Å²) in [6.45, 7) is 2.02. The van der Waals surface area contributed by atoms with Gasteiger partial charge in [-0.1, -0.05) is 65.7 Å². The van der Waals surface area contributed by atoms with E-state index in [0.29, 0.717) is 16.8 Å². The first-order valence-corrected chi connectivity index (χ1v) is 8.34. The van der Waals surface area contributed by atoms with E-state index < -0.39 is 0 Å². The van der Waals surface area contributed by atoms with E-state index in [1.165, 1.54) is 5.39 Å². The molecule has 0 N–H and O–H groups in total. The predicted molar refractivity (Wildman–Crippen MR) is 102 cm³/mol. The van der Waals surface area contributed by atoms with Crippen LogP contribution in [0, 0.1) is 6.92 Å². The summed E-state index contributed by atoms with van der Waals surface area (Å²) in [7, 11) is 0. The summed E-state index contributed by atoms with van der Waals surface area (Å²) in [6.07, 6.45) is 1.83. The molecular formula is C21H15ClN2O. The summed E-state index contributed by atoms with van der Waals surface area (Å²) in [6, 6.07) is 22.3. The second-order valence-corrected chi connectivity index (χ2v) is 6.29. The fourth-order valence-corrected chi connectivity index (χ4v) is 2.92. The highest BCUT2D eigenvalue weighted by Gasteiger charge is 2.11. The van der Waals surface area contributed by atoms with Crippen LogP contribution in [0.5, 0.6) is 0 Å². The van der Waals surface area contributed by atoms with Crippen molar-refractivity contribution in [3.63, 3.8) is 0 Å². The molecule has 4 aromatic rings. The lowest BCUT2D eigenvalue weighted by molar-refractivity contribution is 0.556. The van der Waals surface area contributed by atoms with Crippen molar-refractivity contribution in [3.05, 3.63) is 83.7 Å². The van der Waals surface area contributed by atoms with Crippen LogP contribution in [0.15, 0.2) is 71.1 Å². The second kappa shape index (κ2) is 6.54. The summed E-state index contributed by atoms with van der Waals surface area (Å²) in [5.41, 5.74) is 3.00. The zero-order valence-electron chi connectivity index (χ0n) is 13.6. The molecule has 1 heterocycles. The lowest BCUT2D eigenvalue weighted by Gasteiger charge is -2.00. The number of hydrogen-bond acceptors (Lipinski definition) is 3. The minimum absolute atomic E-state index is 0.311. The Morgan fingerprint density at radius 2 is 1.76 bits per heavy atom. The number of fused-ring (bicyclic) bond motifs is 1. The topological polar surface area (TPSA) is 38.9 Å². The third-order valence-electron chi connectivity index (χ3n) is 3.96. The van der Waals surface area contributed by atoms with Crippen molar-refractivity contribution in [1.82, 2.24) is 10.2 Å². The van der Waals surface area contributed by atoms with E-state index in [1.54, 1.807) is 0 Å². The van der Waals surface area contributed by atoms with E-state index in [4.69, 9.17) is 16.0 Å². The Balaban J connectivity index is 1.65. The molecule has 0 radical (unpaired) electrons. The standard InChI is InChI=1S/C21H15ClN2O/c1-14-5-4-8-18(11-14)20-23-24-21(25-20)19(22)13-15-9-10-16-6-2-3-7-17(16)12-15/h2-13H,1H3/b19-13-. The van der Waals surface area contributed by atoms with Gasteiger partial charge in [0.25, 0.3) is 5.89 Å². The maximum absolute atomic E-state index is 6.39. The van der Waals surface area contributed by atoms with Gasteiger partial charge >= 0.3 is 0 Å². The van der Waals surface area contributed by atoms with Crippen LogP contribution in [0.25, 0.3) is 33.3 Å². The number of nitrogens with zero attached hydrogens (tertiary/aromatic N) is 2. The molecule has 3 nitrogen and oxygen atoms in total. The van der Waals surface area contributed by atoms with Gasteiger partial charge in [-0.15, -0.1) is 10.2 Å². The number of halogens is 1. The maximum atomic E-state index is 6.39. The Hall–Kier alpha value is -2.91.